The second kappa shape index (κ2) is 12.4. The van der Waals surface area contributed by atoms with Crippen LogP contribution in [0.4, 0.5) is 0 Å². The number of rotatable bonds is 11. The van der Waals surface area contributed by atoms with Gasteiger partial charge in [0.25, 0.3) is 11.8 Å². The van der Waals surface area contributed by atoms with Crippen molar-refractivity contribution >= 4 is 35.6 Å². The van der Waals surface area contributed by atoms with Crippen LogP contribution in [0.1, 0.15) is 36.7 Å². The molecule has 0 saturated carbocycles. The van der Waals surface area contributed by atoms with Crippen molar-refractivity contribution < 1.29 is 29.0 Å². The van der Waals surface area contributed by atoms with E-state index in [-0.39, 0.29) is 11.7 Å². The number of ether oxygens (including phenoxy) is 2. The Hall–Kier alpha value is -3.59. The first-order valence-corrected chi connectivity index (χ1v) is 10.6. The molecular weight excluding hydrogens is 450 g/mol. The second-order valence-corrected chi connectivity index (χ2v) is 7.69. The molecule has 0 aromatic heterocycles. The van der Waals surface area contributed by atoms with Crippen molar-refractivity contribution in [2.24, 2.45) is 11.0 Å². The van der Waals surface area contributed by atoms with Gasteiger partial charge in [-0.25, -0.2) is 10.2 Å². The lowest BCUT2D eigenvalue weighted by Gasteiger charge is -2.20. The van der Waals surface area contributed by atoms with Crippen LogP contribution in [-0.4, -0.2) is 48.4 Å². The molecule has 0 heterocycles. The van der Waals surface area contributed by atoms with Gasteiger partial charge in [0, 0.05) is 10.6 Å². The van der Waals surface area contributed by atoms with Gasteiger partial charge < -0.3 is 19.9 Å². The fourth-order valence-electron chi connectivity index (χ4n) is 2.73. The summed E-state index contributed by atoms with van der Waals surface area (Å²) in [7, 11) is 0. The van der Waals surface area contributed by atoms with E-state index in [0.717, 1.165) is 0 Å². The van der Waals surface area contributed by atoms with Crippen molar-refractivity contribution in [1.82, 2.24) is 10.7 Å². The predicted molar refractivity (Wildman–Crippen MR) is 124 cm³/mol. The van der Waals surface area contributed by atoms with Gasteiger partial charge in [-0.05, 0) is 60.9 Å². The summed E-state index contributed by atoms with van der Waals surface area (Å²) < 4.78 is 10.7. The summed E-state index contributed by atoms with van der Waals surface area (Å²) in [5.74, 6) is -1.53. The summed E-state index contributed by atoms with van der Waals surface area (Å²) in [6, 6.07) is 10.3. The fraction of sp³-hybridized carbons (Fsp3) is 0.304. The number of hydrazone groups is 1. The molecule has 2 rings (SSSR count). The number of amides is 2. The van der Waals surface area contributed by atoms with Crippen molar-refractivity contribution in [1.29, 1.82) is 0 Å². The summed E-state index contributed by atoms with van der Waals surface area (Å²) in [4.78, 5) is 35.8. The standard InChI is InChI=1S/C23H26ClN3O6/c1-4-32-19-11-15(5-10-18(19)33-13-20(28)29)12-25-27-23(31)21(14(2)3)26-22(30)16-6-8-17(24)9-7-16/h5-12,14,21H,4,13H2,1-3H3,(H,26,30)(H,27,31)(H,28,29)/b25-12-. The third-order valence-electron chi connectivity index (χ3n) is 4.35. The zero-order chi connectivity index (χ0) is 24.4. The van der Waals surface area contributed by atoms with Crippen LogP contribution in [0.3, 0.4) is 0 Å². The maximum Gasteiger partial charge on any atom is 0.341 e. The number of carbonyl (C=O) groups is 3. The third-order valence-corrected chi connectivity index (χ3v) is 4.60. The monoisotopic (exact) mass is 475 g/mol. The highest BCUT2D eigenvalue weighted by molar-refractivity contribution is 6.30. The lowest BCUT2D eigenvalue weighted by Crippen LogP contribution is -2.48. The van der Waals surface area contributed by atoms with Gasteiger partial charge in [0.1, 0.15) is 6.04 Å². The predicted octanol–water partition coefficient (Wildman–Crippen LogP) is 3.11. The Morgan fingerprint density at radius 3 is 2.39 bits per heavy atom. The number of carboxylic acid groups (broad SMARTS) is 1. The highest BCUT2D eigenvalue weighted by atomic mass is 35.5. The summed E-state index contributed by atoms with van der Waals surface area (Å²) in [5, 5.41) is 15.9. The molecule has 0 fully saturated rings. The quantitative estimate of drug-likeness (QED) is 0.338. The molecule has 2 aromatic rings. The van der Waals surface area contributed by atoms with Gasteiger partial charge in [0.05, 0.1) is 12.8 Å². The first-order valence-electron chi connectivity index (χ1n) is 10.2. The van der Waals surface area contributed by atoms with Crippen LogP contribution in [0, 0.1) is 5.92 Å². The molecule has 0 aliphatic rings. The number of hydrogen-bond donors (Lipinski definition) is 3. The average Bonchev–Trinajstić information content (AvgIpc) is 2.77. The van der Waals surface area contributed by atoms with Crippen LogP contribution >= 0.6 is 11.6 Å². The van der Waals surface area contributed by atoms with Gasteiger partial charge in [0.2, 0.25) is 0 Å². The number of aliphatic carboxylic acids is 1. The Kier molecular flexibility index (Phi) is 9.68. The van der Waals surface area contributed by atoms with Crippen molar-refractivity contribution in [3.8, 4) is 11.5 Å². The topological polar surface area (TPSA) is 126 Å². The van der Waals surface area contributed by atoms with Crippen LogP contribution in [0.2, 0.25) is 5.02 Å². The number of nitrogens with zero attached hydrogens (tertiary/aromatic N) is 1. The average molecular weight is 476 g/mol. The molecular formula is C23H26ClN3O6. The van der Waals surface area contributed by atoms with Gasteiger partial charge in [0.15, 0.2) is 18.1 Å². The molecule has 0 bridgehead atoms. The molecule has 2 aromatic carbocycles. The molecule has 9 nitrogen and oxygen atoms in total. The van der Waals surface area contributed by atoms with Gasteiger partial charge >= 0.3 is 5.97 Å². The smallest absolute Gasteiger partial charge is 0.341 e. The highest BCUT2D eigenvalue weighted by Gasteiger charge is 2.24. The van der Waals surface area contributed by atoms with Crippen molar-refractivity contribution in [2.75, 3.05) is 13.2 Å². The number of nitrogens with one attached hydrogen (secondary N) is 2. The Labute approximate surface area is 196 Å². The van der Waals surface area contributed by atoms with E-state index in [1.165, 1.54) is 6.21 Å². The molecule has 0 spiro atoms. The number of benzene rings is 2. The zero-order valence-electron chi connectivity index (χ0n) is 18.5. The maximum atomic E-state index is 12.6. The van der Waals surface area contributed by atoms with Crippen molar-refractivity contribution in [2.45, 2.75) is 26.8 Å². The number of carbonyl (C=O) groups excluding carboxylic acids is 2. The van der Waals surface area contributed by atoms with E-state index in [9.17, 15) is 14.4 Å². The van der Waals surface area contributed by atoms with E-state index in [1.807, 2.05) is 0 Å². The van der Waals surface area contributed by atoms with Crippen LogP contribution in [0.25, 0.3) is 0 Å². The first-order chi connectivity index (χ1) is 15.7. The van der Waals surface area contributed by atoms with Gasteiger partial charge in [-0.2, -0.15) is 5.10 Å². The fourth-order valence-corrected chi connectivity index (χ4v) is 2.86. The summed E-state index contributed by atoms with van der Waals surface area (Å²) in [6.07, 6.45) is 1.40. The molecule has 10 heteroatoms. The Balaban J connectivity index is 2.04. The van der Waals surface area contributed by atoms with Crippen molar-refractivity contribution in [3.05, 3.63) is 58.6 Å². The largest absolute Gasteiger partial charge is 0.490 e. The van der Waals surface area contributed by atoms with Crippen molar-refractivity contribution in [3.63, 3.8) is 0 Å². The molecule has 0 saturated heterocycles. The number of hydrogen-bond acceptors (Lipinski definition) is 6. The van der Waals surface area contributed by atoms with E-state index in [1.54, 1.807) is 63.2 Å². The van der Waals surface area contributed by atoms with Gasteiger partial charge in [-0.1, -0.05) is 25.4 Å². The minimum absolute atomic E-state index is 0.188. The molecule has 1 atom stereocenters. The molecule has 0 aliphatic carbocycles. The molecule has 3 N–H and O–H groups in total. The SMILES string of the molecule is CCOc1cc(/C=N\NC(=O)C(NC(=O)c2ccc(Cl)cc2)C(C)C)ccc1OCC(=O)O. The Morgan fingerprint density at radius 2 is 1.79 bits per heavy atom. The molecule has 1 unspecified atom stereocenters. The lowest BCUT2D eigenvalue weighted by atomic mass is 10.0. The molecule has 33 heavy (non-hydrogen) atoms. The summed E-state index contributed by atoms with van der Waals surface area (Å²) in [6.45, 7) is 5.25. The normalized spacial score (nSPS) is 11.8. The van der Waals surface area contributed by atoms with Crippen LogP contribution in [-0.2, 0) is 9.59 Å². The van der Waals surface area contributed by atoms with E-state index in [0.29, 0.717) is 28.5 Å². The molecule has 176 valence electrons. The maximum absolute atomic E-state index is 12.6. The molecule has 2 amide bonds. The van der Waals surface area contributed by atoms with Crippen LogP contribution in [0.5, 0.6) is 11.5 Å². The minimum Gasteiger partial charge on any atom is -0.490 e. The first kappa shape index (κ1) is 25.7. The lowest BCUT2D eigenvalue weighted by molar-refractivity contribution is -0.139. The van der Waals surface area contributed by atoms with E-state index < -0.39 is 30.4 Å². The Morgan fingerprint density at radius 1 is 1.09 bits per heavy atom. The summed E-state index contributed by atoms with van der Waals surface area (Å²) >= 11 is 5.84. The summed E-state index contributed by atoms with van der Waals surface area (Å²) in [5.41, 5.74) is 3.40. The number of carboxylic acids is 1. The highest BCUT2D eigenvalue weighted by Crippen LogP contribution is 2.28. The third kappa shape index (κ3) is 8.12. The van der Waals surface area contributed by atoms with E-state index in [4.69, 9.17) is 26.2 Å². The molecule has 0 aliphatic heterocycles. The Bertz CT molecular complexity index is 1010. The van der Waals surface area contributed by atoms with E-state index in [2.05, 4.69) is 15.8 Å². The van der Waals surface area contributed by atoms with Gasteiger partial charge in [-0.3, -0.25) is 9.59 Å². The van der Waals surface area contributed by atoms with Crippen LogP contribution in [0.15, 0.2) is 47.6 Å². The van der Waals surface area contributed by atoms with Crippen LogP contribution < -0.4 is 20.2 Å². The minimum atomic E-state index is -1.10. The van der Waals surface area contributed by atoms with E-state index >= 15 is 0 Å². The molecule has 0 radical (unpaired) electrons. The van der Waals surface area contributed by atoms with Gasteiger partial charge in [-0.15, -0.1) is 0 Å². The number of halogens is 1. The second-order valence-electron chi connectivity index (χ2n) is 7.26. The zero-order valence-corrected chi connectivity index (χ0v) is 19.3.